The molecule has 0 aliphatic heterocycles. The maximum Gasteiger partial charge on any atom is 0.320 e. The van der Waals surface area contributed by atoms with E-state index >= 15 is 0 Å². The summed E-state index contributed by atoms with van der Waals surface area (Å²) < 4.78 is 5.26. The van der Waals surface area contributed by atoms with Crippen LogP contribution >= 0.6 is 0 Å². The Morgan fingerprint density at radius 2 is 2.28 bits per heavy atom. The number of rotatable bonds is 7. The van der Waals surface area contributed by atoms with Gasteiger partial charge in [0.05, 0.1) is 7.11 Å². The predicted octanol–water partition coefficient (Wildman–Crippen LogP) is 0.895. The number of carbonyl (C=O) groups is 1. The van der Waals surface area contributed by atoms with Gasteiger partial charge in [0, 0.05) is 12.1 Å². The highest BCUT2D eigenvalue weighted by Gasteiger charge is 2.10. The molecule has 18 heavy (non-hydrogen) atoms. The first kappa shape index (κ1) is 14.5. The second-order valence-corrected chi connectivity index (χ2v) is 4.23. The summed E-state index contributed by atoms with van der Waals surface area (Å²) in [6, 6.07) is 5.15. The van der Waals surface area contributed by atoms with Crippen LogP contribution in [-0.4, -0.2) is 30.8 Å². The van der Waals surface area contributed by atoms with Crippen LogP contribution in [0, 0.1) is 6.92 Å². The van der Waals surface area contributed by atoms with Crippen LogP contribution in [0.25, 0.3) is 0 Å². The highest BCUT2D eigenvalue weighted by atomic mass is 16.5. The van der Waals surface area contributed by atoms with Crippen LogP contribution in [0.15, 0.2) is 18.2 Å². The lowest BCUT2D eigenvalue weighted by Gasteiger charge is -2.11. The fraction of sp³-hybridized carbons (Fsp3) is 0.462. The van der Waals surface area contributed by atoms with Gasteiger partial charge in [0.2, 0.25) is 0 Å². The molecule has 0 spiro atoms. The molecule has 1 atom stereocenters. The van der Waals surface area contributed by atoms with Gasteiger partial charge in [-0.05, 0) is 26.0 Å². The Balaban J connectivity index is 2.43. The molecule has 0 fully saturated rings. The zero-order valence-corrected chi connectivity index (χ0v) is 10.8. The molecule has 0 bridgehead atoms. The zero-order valence-electron chi connectivity index (χ0n) is 10.8. The van der Waals surface area contributed by atoms with Crippen LogP contribution in [0.2, 0.25) is 0 Å². The molecule has 0 aromatic heterocycles. The minimum absolute atomic E-state index is 0.406. The molecule has 0 saturated carbocycles. The number of hydrogen-bond donors (Lipinski definition) is 3. The fourth-order valence-electron chi connectivity index (χ4n) is 1.65. The highest BCUT2D eigenvalue weighted by Crippen LogP contribution is 2.19. The molecule has 1 rings (SSSR count). The molecule has 4 N–H and O–H groups in total. The number of benzene rings is 1. The number of nitrogens with one attached hydrogen (secondary N) is 1. The van der Waals surface area contributed by atoms with Gasteiger partial charge in [0.15, 0.2) is 0 Å². The second-order valence-electron chi connectivity index (χ2n) is 4.23. The summed E-state index contributed by atoms with van der Waals surface area (Å²) in [5, 5.41) is 11.8. The van der Waals surface area contributed by atoms with Gasteiger partial charge in [-0.15, -0.1) is 0 Å². The van der Waals surface area contributed by atoms with Gasteiger partial charge >= 0.3 is 5.97 Å². The first-order chi connectivity index (χ1) is 8.54. The Hall–Kier alpha value is -1.59. The van der Waals surface area contributed by atoms with E-state index in [1.165, 1.54) is 0 Å². The SMILES string of the molecule is COc1ccc(C)cc1CNCCC(N)C(=O)O. The summed E-state index contributed by atoms with van der Waals surface area (Å²) in [6.07, 6.45) is 0.406. The van der Waals surface area contributed by atoms with E-state index in [9.17, 15) is 4.79 Å². The predicted molar refractivity (Wildman–Crippen MR) is 69.7 cm³/mol. The molecule has 1 aromatic carbocycles. The molecule has 0 amide bonds. The Bertz CT molecular complexity index is 407. The third kappa shape index (κ3) is 4.35. The average molecular weight is 252 g/mol. The molecule has 1 aromatic rings. The van der Waals surface area contributed by atoms with E-state index in [1.807, 2.05) is 25.1 Å². The van der Waals surface area contributed by atoms with Crippen molar-refractivity contribution < 1.29 is 14.6 Å². The topological polar surface area (TPSA) is 84.6 Å². The smallest absolute Gasteiger partial charge is 0.320 e. The van der Waals surface area contributed by atoms with Gasteiger partial charge in [-0.25, -0.2) is 0 Å². The molecule has 5 nitrogen and oxygen atoms in total. The van der Waals surface area contributed by atoms with Gasteiger partial charge in [0.1, 0.15) is 11.8 Å². The number of nitrogens with two attached hydrogens (primary N) is 1. The lowest BCUT2D eigenvalue weighted by molar-refractivity contribution is -0.138. The molecular formula is C13H20N2O3. The van der Waals surface area contributed by atoms with Crippen molar-refractivity contribution >= 4 is 5.97 Å². The zero-order chi connectivity index (χ0) is 13.5. The number of aryl methyl sites for hydroxylation is 1. The maximum absolute atomic E-state index is 10.5. The van der Waals surface area contributed by atoms with Crippen molar-refractivity contribution in [1.82, 2.24) is 5.32 Å². The lowest BCUT2D eigenvalue weighted by Crippen LogP contribution is -2.33. The maximum atomic E-state index is 10.5. The van der Waals surface area contributed by atoms with Crippen LogP contribution in [-0.2, 0) is 11.3 Å². The first-order valence-corrected chi connectivity index (χ1v) is 5.87. The largest absolute Gasteiger partial charge is 0.496 e. The first-order valence-electron chi connectivity index (χ1n) is 5.87. The second kappa shape index (κ2) is 6.98. The summed E-state index contributed by atoms with van der Waals surface area (Å²) in [5.41, 5.74) is 7.63. The van der Waals surface area contributed by atoms with E-state index in [1.54, 1.807) is 7.11 Å². The Labute approximate surface area is 107 Å². The van der Waals surface area contributed by atoms with Crippen molar-refractivity contribution in [2.75, 3.05) is 13.7 Å². The van der Waals surface area contributed by atoms with E-state index in [0.29, 0.717) is 19.5 Å². The monoisotopic (exact) mass is 252 g/mol. The number of methoxy groups -OCH3 is 1. The van der Waals surface area contributed by atoms with E-state index in [0.717, 1.165) is 16.9 Å². The van der Waals surface area contributed by atoms with Crippen molar-refractivity contribution in [2.45, 2.75) is 25.9 Å². The fourth-order valence-corrected chi connectivity index (χ4v) is 1.65. The van der Waals surface area contributed by atoms with Gasteiger partial charge in [0.25, 0.3) is 0 Å². The van der Waals surface area contributed by atoms with E-state index < -0.39 is 12.0 Å². The minimum atomic E-state index is -0.968. The van der Waals surface area contributed by atoms with Crippen molar-refractivity contribution in [3.05, 3.63) is 29.3 Å². The molecule has 0 heterocycles. The van der Waals surface area contributed by atoms with Crippen molar-refractivity contribution in [3.8, 4) is 5.75 Å². The summed E-state index contributed by atoms with van der Waals surface area (Å²) in [6.45, 7) is 3.21. The molecule has 0 saturated heterocycles. The number of aliphatic carboxylic acids is 1. The van der Waals surface area contributed by atoms with Crippen LogP contribution in [0.5, 0.6) is 5.75 Å². The van der Waals surface area contributed by atoms with E-state index in [2.05, 4.69) is 5.32 Å². The van der Waals surface area contributed by atoms with Gasteiger partial charge < -0.3 is 20.9 Å². The number of carboxylic acids is 1. The number of carboxylic acid groups (broad SMARTS) is 1. The Kier molecular flexibility index (Phi) is 5.61. The van der Waals surface area contributed by atoms with Crippen LogP contribution in [0.1, 0.15) is 17.5 Å². The average Bonchev–Trinajstić information content (AvgIpc) is 2.34. The molecule has 100 valence electrons. The quantitative estimate of drug-likeness (QED) is 0.628. The van der Waals surface area contributed by atoms with Crippen molar-refractivity contribution in [2.24, 2.45) is 5.73 Å². The van der Waals surface area contributed by atoms with Crippen molar-refractivity contribution in [1.29, 1.82) is 0 Å². The highest BCUT2D eigenvalue weighted by molar-refractivity contribution is 5.72. The van der Waals surface area contributed by atoms with Crippen LogP contribution < -0.4 is 15.8 Å². The molecule has 0 radical (unpaired) electrons. The van der Waals surface area contributed by atoms with Gasteiger partial charge in [-0.3, -0.25) is 4.79 Å². The summed E-state index contributed by atoms with van der Waals surface area (Å²) in [5.74, 6) is -0.138. The van der Waals surface area contributed by atoms with Crippen LogP contribution in [0.3, 0.4) is 0 Å². The van der Waals surface area contributed by atoms with Crippen LogP contribution in [0.4, 0.5) is 0 Å². The summed E-state index contributed by atoms with van der Waals surface area (Å²) in [4.78, 5) is 10.5. The number of hydrogen-bond acceptors (Lipinski definition) is 4. The molecule has 1 unspecified atom stereocenters. The molecule has 0 aliphatic carbocycles. The third-order valence-electron chi connectivity index (χ3n) is 2.70. The minimum Gasteiger partial charge on any atom is -0.496 e. The van der Waals surface area contributed by atoms with Crippen molar-refractivity contribution in [3.63, 3.8) is 0 Å². The van der Waals surface area contributed by atoms with Gasteiger partial charge in [-0.1, -0.05) is 17.7 Å². The lowest BCUT2D eigenvalue weighted by atomic mass is 10.1. The number of ether oxygens (including phenoxy) is 1. The molecular weight excluding hydrogens is 232 g/mol. The standard InChI is InChI=1S/C13H20N2O3/c1-9-3-4-12(18-2)10(7-9)8-15-6-5-11(14)13(16)17/h3-4,7,11,15H,5-6,8,14H2,1-2H3,(H,16,17). The molecule has 5 heteroatoms. The Morgan fingerprint density at radius 1 is 1.56 bits per heavy atom. The molecule has 0 aliphatic rings. The normalized spacial score (nSPS) is 12.2. The van der Waals surface area contributed by atoms with Gasteiger partial charge in [-0.2, -0.15) is 0 Å². The summed E-state index contributed by atoms with van der Waals surface area (Å²) >= 11 is 0. The Morgan fingerprint density at radius 3 is 2.89 bits per heavy atom. The third-order valence-corrected chi connectivity index (χ3v) is 2.70. The van der Waals surface area contributed by atoms with E-state index in [-0.39, 0.29) is 0 Å². The van der Waals surface area contributed by atoms with E-state index in [4.69, 9.17) is 15.6 Å². The summed E-state index contributed by atoms with van der Waals surface area (Å²) in [7, 11) is 1.63.